The van der Waals surface area contributed by atoms with Crippen molar-refractivity contribution < 1.29 is 9.53 Å². The minimum absolute atomic E-state index is 0.0471. The van der Waals surface area contributed by atoms with Gasteiger partial charge in [-0.25, -0.2) is 9.97 Å². The molecule has 27 heavy (non-hydrogen) atoms. The van der Waals surface area contributed by atoms with Gasteiger partial charge >= 0.3 is 0 Å². The van der Waals surface area contributed by atoms with Crippen molar-refractivity contribution in [2.24, 2.45) is 5.92 Å². The molecule has 3 rings (SSSR count). The molecule has 144 valence electrons. The van der Waals surface area contributed by atoms with Gasteiger partial charge in [0.05, 0.1) is 17.5 Å². The van der Waals surface area contributed by atoms with E-state index in [1.54, 1.807) is 36.7 Å². The molecule has 1 N–H and O–H groups in total. The highest BCUT2D eigenvalue weighted by Gasteiger charge is 2.26. The Balaban J connectivity index is 1.39. The first-order valence-corrected chi connectivity index (χ1v) is 9.76. The molecular formula is C19H22Cl2N4O2. The van der Waals surface area contributed by atoms with Crippen molar-refractivity contribution in [3.63, 3.8) is 0 Å². The van der Waals surface area contributed by atoms with Gasteiger partial charge in [0.15, 0.2) is 0 Å². The number of carbonyl (C=O) groups excluding carboxylic acids is 1. The van der Waals surface area contributed by atoms with Crippen molar-refractivity contribution >= 4 is 35.1 Å². The Morgan fingerprint density at radius 2 is 2.11 bits per heavy atom. The Bertz CT molecular complexity index is 761. The van der Waals surface area contributed by atoms with Gasteiger partial charge in [0.1, 0.15) is 5.75 Å². The van der Waals surface area contributed by atoms with Gasteiger partial charge in [-0.2, -0.15) is 0 Å². The quantitative estimate of drug-likeness (QED) is 0.708. The maximum Gasteiger partial charge on any atom is 0.225 e. The monoisotopic (exact) mass is 408 g/mol. The molecule has 1 saturated heterocycles. The molecular weight excluding hydrogens is 387 g/mol. The standard InChI is InChI=1S/C19H22Cl2N4O2/c20-15-5-6-17(16(21)12-15)27-11-3-9-22-18(26)14-4-1-10-25(13-14)19-23-7-2-8-24-19/h2,5-8,12,14H,1,3-4,9-11,13H2,(H,22,26). The summed E-state index contributed by atoms with van der Waals surface area (Å²) in [6.45, 7) is 2.55. The first kappa shape index (κ1) is 19.7. The van der Waals surface area contributed by atoms with Gasteiger partial charge < -0.3 is 15.0 Å². The number of rotatable bonds is 7. The Hall–Kier alpha value is -2.05. The first-order valence-electron chi connectivity index (χ1n) is 9.01. The van der Waals surface area contributed by atoms with Crippen LogP contribution in [0.15, 0.2) is 36.7 Å². The number of aromatic nitrogens is 2. The van der Waals surface area contributed by atoms with Crippen LogP contribution in [0.1, 0.15) is 19.3 Å². The SMILES string of the molecule is O=C(NCCCOc1ccc(Cl)cc1Cl)C1CCCN(c2ncccn2)C1. The molecule has 1 aromatic carbocycles. The number of ether oxygens (including phenoxy) is 1. The van der Waals surface area contributed by atoms with E-state index < -0.39 is 0 Å². The highest BCUT2D eigenvalue weighted by Crippen LogP contribution is 2.27. The van der Waals surface area contributed by atoms with Gasteiger partial charge in [-0.1, -0.05) is 23.2 Å². The molecule has 1 fully saturated rings. The van der Waals surface area contributed by atoms with Crippen LogP contribution in [0.5, 0.6) is 5.75 Å². The third-order valence-electron chi connectivity index (χ3n) is 4.40. The van der Waals surface area contributed by atoms with Crippen LogP contribution in [0.25, 0.3) is 0 Å². The molecule has 1 amide bonds. The third kappa shape index (κ3) is 5.71. The largest absolute Gasteiger partial charge is 0.492 e. The number of hydrogen-bond donors (Lipinski definition) is 1. The zero-order valence-electron chi connectivity index (χ0n) is 14.9. The molecule has 8 heteroatoms. The molecule has 2 aromatic rings. The van der Waals surface area contributed by atoms with Crippen molar-refractivity contribution in [2.45, 2.75) is 19.3 Å². The van der Waals surface area contributed by atoms with Crippen LogP contribution in [0.2, 0.25) is 10.0 Å². The molecule has 0 saturated carbocycles. The van der Waals surface area contributed by atoms with Gasteiger partial charge in [0.25, 0.3) is 0 Å². The van der Waals surface area contributed by atoms with Gasteiger partial charge in [-0.05, 0) is 43.5 Å². The summed E-state index contributed by atoms with van der Waals surface area (Å²) in [4.78, 5) is 23.1. The fourth-order valence-electron chi connectivity index (χ4n) is 3.03. The molecule has 0 aliphatic carbocycles. The number of carbonyl (C=O) groups is 1. The molecule has 1 aliphatic heterocycles. The average Bonchev–Trinajstić information content (AvgIpc) is 2.70. The molecule has 0 bridgehead atoms. The number of halogens is 2. The summed E-state index contributed by atoms with van der Waals surface area (Å²) in [5, 5.41) is 4.05. The summed E-state index contributed by atoms with van der Waals surface area (Å²) in [6, 6.07) is 6.91. The lowest BCUT2D eigenvalue weighted by Crippen LogP contribution is -2.44. The lowest BCUT2D eigenvalue weighted by atomic mass is 9.97. The second kappa shape index (κ2) is 9.76. The molecule has 6 nitrogen and oxygen atoms in total. The second-order valence-corrected chi connectivity index (χ2v) is 7.25. The topological polar surface area (TPSA) is 67.3 Å². The van der Waals surface area contributed by atoms with Crippen LogP contribution in [0.4, 0.5) is 5.95 Å². The lowest BCUT2D eigenvalue weighted by Gasteiger charge is -2.31. The van der Waals surface area contributed by atoms with Crippen molar-refractivity contribution in [2.75, 3.05) is 31.1 Å². The summed E-state index contributed by atoms with van der Waals surface area (Å²) in [7, 11) is 0. The van der Waals surface area contributed by atoms with Gasteiger partial charge in [0, 0.05) is 37.1 Å². The summed E-state index contributed by atoms with van der Waals surface area (Å²) in [5.41, 5.74) is 0. The smallest absolute Gasteiger partial charge is 0.225 e. The summed E-state index contributed by atoms with van der Waals surface area (Å²) in [5.74, 6) is 1.30. The zero-order valence-corrected chi connectivity index (χ0v) is 16.4. The number of anilines is 1. The van der Waals surface area contributed by atoms with Crippen LogP contribution in [-0.4, -0.2) is 42.1 Å². The Kier molecular flexibility index (Phi) is 7.12. The normalized spacial score (nSPS) is 16.8. The van der Waals surface area contributed by atoms with E-state index in [9.17, 15) is 4.79 Å². The highest BCUT2D eigenvalue weighted by atomic mass is 35.5. The molecule has 1 unspecified atom stereocenters. The summed E-state index contributed by atoms with van der Waals surface area (Å²) >= 11 is 11.9. The number of benzene rings is 1. The van der Waals surface area contributed by atoms with E-state index in [0.29, 0.717) is 47.9 Å². The Morgan fingerprint density at radius 1 is 1.30 bits per heavy atom. The van der Waals surface area contributed by atoms with E-state index in [4.69, 9.17) is 27.9 Å². The number of nitrogens with zero attached hydrogens (tertiary/aromatic N) is 3. The van der Waals surface area contributed by atoms with Crippen molar-refractivity contribution in [1.29, 1.82) is 0 Å². The van der Waals surface area contributed by atoms with E-state index in [1.165, 1.54) is 0 Å². The lowest BCUT2D eigenvalue weighted by molar-refractivity contribution is -0.125. The van der Waals surface area contributed by atoms with Crippen molar-refractivity contribution in [3.05, 3.63) is 46.7 Å². The molecule has 1 aromatic heterocycles. The van der Waals surface area contributed by atoms with Gasteiger partial charge in [-0.15, -0.1) is 0 Å². The molecule has 1 aliphatic rings. The van der Waals surface area contributed by atoms with E-state index >= 15 is 0 Å². The number of nitrogens with one attached hydrogen (secondary N) is 1. The number of amides is 1. The van der Waals surface area contributed by atoms with Crippen molar-refractivity contribution in [1.82, 2.24) is 15.3 Å². The average molecular weight is 409 g/mol. The molecule has 0 spiro atoms. The first-order chi connectivity index (χ1) is 13.1. The fraction of sp³-hybridized carbons (Fsp3) is 0.421. The Morgan fingerprint density at radius 3 is 2.89 bits per heavy atom. The third-order valence-corrected chi connectivity index (χ3v) is 4.93. The summed E-state index contributed by atoms with van der Waals surface area (Å²) in [6.07, 6.45) is 5.97. The maximum absolute atomic E-state index is 12.4. The molecule has 2 heterocycles. The molecule has 0 radical (unpaired) electrons. The predicted octanol–water partition coefficient (Wildman–Crippen LogP) is 3.59. The number of hydrogen-bond acceptors (Lipinski definition) is 5. The molecule has 1 atom stereocenters. The van der Waals surface area contributed by atoms with E-state index in [0.717, 1.165) is 19.4 Å². The Labute approximate surface area is 168 Å². The summed E-state index contributed by atoms with van der Waals surface area (Å²) < 4.78 is 5.63. The second-order valence-electron chi connectivity index (χ2n) is 6.40. The number of piperidine rings is 1. The van der Waals surface area contributed by atoms with Crippen molar-refractivity contribution in [3.8, 4) is 5.75 Å². The van der Waals surface area contributed by atoms with Gasteiger partial charge in [-0.3, -0.25) is 4.79 Å². The fourth-order valence-corrected chi connectivity index (χ4v) is 3.49. The predicted molar refractivity (Wildman–Crippen MR) is 107 cm³/mol. The maximum atomic E-state index is 12.4. The van der Waals surface area contributed by atoms with Crippen LogP contribution in [-0.2, 0) is 4.79 Å². The highest BCUT2D eigenvalue weighted by molar-refractivity contribution is 6.35. The minimum atomic E-state index is -0.0471. The van der Waals surface area contributed by atoms with E-state index in [2.05, 4.69) is 20.2 Å². The van der Waals surface area contributed by atoms with Crippen LogP contribution in [0, 0.1) is 5.92 Å². The van der Waals surface area contributed by atoms with E-state index in [-0.39, 0.29) is 11.8 Å². The van der Waals surface area contributed by atoms with Crippen LogP contribution >= 0.6 is 23.2 Å². The van der Waals surface area contributed by atoms with E-state index in [1.807, 2.05) is 0 Å². The van der Waals surface area contributed by atoms with Crippen LogP contribution < -0.4 is 15.0 Å². The van der Waals surface area contributed by atoms with Gasteiger partial charge in [0.2, 0.25) is 11.9 Å². The minimum Gasteiger partial charge on any atom is -0.492 e. The zero-order chi connectivity index (χ0) is 19.1. The van der Waals surface area contributed by atoms with Crippen LogP contribution in [0.3, 0.4) is 0 Å².